The van der Waals surface area contributed by atoms with Gasteiger partial charge in [-0.2, -0.15) is 0 Å². The van der Waals surface area contributed by atoms with E-state index >= 15 is 0 Å². The van der Waals surface area contributed by atoms with E-state index in [1.807, 2.05) is 5.32 Å². The quantitative estimate of drug-likeness (QED) is 0.703. The topological polar surface area (TPSA) is 81.4 Å². The molecule has 2 amide bonds. The van der Waals surface area contributed by atoms with Crippen molar-refractivity contribution in [3.05, 3.63) is 29.8 Å². The van der Waals surface area contributed by atoms with Crippen molar-refractivity contribution >= 4 is 30.1 Å². The van der Waals surface area contributed by atoms with Gasteiger partial charge in [-0.05, 0) is 6.07 Å². The van der Waals surface area contributed by atoms with Gasteiger partial charge in [0.1, 0.15) is 0 Å². The van der Waals surface area contributed by atoms with E-state index in [2.05, 4.69) is 0 Å². The second-order valence-corrected chi connectivity index (χ2v) is 2.90. The van der Waals surface area contributed by atoms with Crippen LogP contribution >= 0.6 is 12.4 Å². The molecular weight excluding hydrogens is 220 g/mol. The minimum absolute atomic E-state index is 0. The molecule has 0 aromatic heterocycles. The second-order valence-electron chi connectivity index (χ2n) is 2.90. The number of benzene rings is 1. The number of imide groups is 1. The molecule has 1 fully saturated rings. The lowest BCUT2D eigenvalue weighted by atomic mass is 10.1. The van der Waals surface area contributed by atoms with Crippen LogP contribution in [0.1, 0.15) is 11.7 Å². The molecule has 6 heteroatoms. The highest BCUT2D eigenvalue weighted by atomic mass is 35.5. The van der Waals surface area contributed by atoms with Crippen LogP contribution in [0.4, 0.5) is 10.5 Å². The van der Waals surface area contributed by atoms with E-state index in [-0.39, 0.29) is 12.4 Å². The molecular formula is C9H9ClN2O3. The summed E-state index contributed by atoms with van der Waals surface area (Å²) < 4.78 is 4.76. The molecule has 1 aliphatic heterocycles. The number of nitrogen functional groups attached to an aromatic ring is 1. The monoisotopic (exact) mass is 228 g/mol. The van der Waals surface area contributed by atoms with Gasteiger partial charge in [-0.1, -0.05) is 18.2 Å². The van der Waals surface area contributed by atoms with E-state index in [0.717, 1.165) is 0 Å². The van der Waals surface area contributed by atoms with E-state index in [0.29, 0.717) is 11.3 Å². The van der Waals surface area contributed by atoms with Gasteiger partial charge in [0.25, 0.3) is 5.91 Å². The Bertz CT molecular complexity index is 408. The van der Waals surface area contributed by atoms with E-state index in [9.17, 15) is 9.59 Å². The molecule has 80 valence electrons. The molecule has 1 atom stereocenters. The smallest absolute Gasteiger partial charge is 0.415 e. The average Bonchev–Trinajstić information content (AvgIpc) is 2.46. The molecule has 1 aromatic carbocycles. The average molecular weight is 229 g/mol. The number of anilines is 1. The van der Waals surface area contributed by atoms with Crippen LogP contribution in [0.15, 0.2) is 24.3 Å². The Hall–Kier alpha value is -1.75. The normalized spacial score (nSPS) is 19.1. The van der Waals surface area contributed by atoms with Gasteiger partial charge < -0.3 is 10.5 Å². The van der Waals surface area contributed by atoms with Crippen LogP contribution in [0, 0.1) is 0 Å². The van der Waals surface area contributed by atoms with E-state index in [4.69, 9.17) is 10.5 Å². The number of para-hydroxylation sites is 1. The standard InChI is InChI=1S/C9H8N2O3.ClH/c10-6-4-2-1-3-5(6)7-8(12)11-9(13)14-7;/h1-4,7H,10H2,(H,11,12,13);1H. The molecule has 0 aliphatic carbocycles. The molecule has 0 saturated carbocycles. The Labute approximate surface area is 92.0 Å². The Balaban J connectivity index is 0.00000112. The summed E-state index contributed by atoms with van der Waals surface area (Å²) in [5.41, 5.74) is 6.58. The van der Waals surface area contributed by atoms with Crippen LogP contribution in [0.3, 0.4) is 0 Å². The second kappa shape index (κ2) is 4.18. The number of hydrogen-bond donors (Lipinski definition) is 2. The summed E-state index contributed by atoms with van der Waals surface area (Å²) in [7, 11) is 0. The molecule has 0 spiro atoms. The van der Waals surface area contributed by atoms with E-state index in [1.165, 1.54) is 0 Å². The van der Waals surface area contributed by atoms with Gasteiger partial charge in [0, 0.05) is 11.3 Å². The summed E-state index contributed by atoms with van der Waals surface area (Å²) in [4.78, 5) is 22.0. The van der Waals surface area contributed by atoms with Crippen molar-refractivity contribution in [2.45, 2.75) is 6.10 Å². The molecule has 3 N–H and O–H groups in total. The van der Waals surface area contributed by atoms with Crippen molar-refractivity contribution in [2.75, 3.05) is 5.73 Å². The van der Waals surface area contributed by atoms with E-state index in [1.54, 1.807) is 24.3 Å². The van der Waals surface area contributed by atoms with Crippen molar-refractivity contribution in [3.63, 3.8) is 0 Å². The van der Waals surface area contributed by atoms with Gasteiger partial charge in [-0.25, -0.2) is 4.79 Å². The number of carbonyl (C=O) groups excluding carboxylic acids is 2. The fraction of sp³-hybridized carbons (Fsp3) is 0.111. The Morgan fingerprint density at radius 3 is 2.47 bits per heavy atom. The third-order valence-corrected chi connectivity index (χ3v) is 1.97. The molecule has 1 saturated heterocycles. The van der Waals surface area contributed by atoms with Crippen LogP contribution in [-0.2, 0) is 9.53 Å². The van der Waals surface area contributed by atoms with Gasteiger partial charge in [0.15, 0.2) is 0 Å². The first-order valence-electron chi connectivity index (χ1n) is 4.04. The number of cyclic esters (lactones) is 1. The molecule has 1 heterocycles. The predicted octanol–water partition coefficient (Wildman–Crippen LogP) is 0.998. The fourth-order valence-corrected chi connectivity index (χ4v) is 1.31. The first kappa shape index (κ1) is 11.3. The van der Waals surface area contributed by atoms with Crippen LogP contribution in [0.5, 0.6) is 0 Å². The summed E-state index contributed by atoms with van der Waals surface area (Å²) in [6.07, 6.45) is -1.65. The Kier molecular flexibility index (Phi) is 3.16. The number of halogens is 1. The van der Waals surface area contributed by atoms with Gasteiger partial charge in [0.2, 0.25) is 6.10 Å². The fourth-order valence-electron chi connectivity index (χ4n) is 1.31. The van der Waals surface area contributed by atoms with E-state index < -0.39 is 18.1 Å². The first-order valence-corrected chi connectivity index (χ1v) is 4.04. The van der Waals surface area contributed by atoms with Gasteiger partial charge in [-0.3, -0.25) is 10.1 Å². The lowest BCUT2D eigenvalue weighted by Gasteiger charge is -2.08. The molecule has 1 aliphatic rings. The van der Waals surface area contributed by atoms with Crippen molar-refractivity contribution in [2.24, 2.45) is 0 Å². The maximum absolute atomic E-state index is 11.2. The van der Waals surface area contributed by atoms with Gasteiger partial charge in [-0.15, -0.1) is 12.4 Å². The highest BCUT2D eigenvalue weighted by Crippen LogP contribution is 2.26. The summed E-state index contributed by atoms with van der Waals surface area (Å²) in [6, 6.07) is 6.77. The highest BCUT2D eigenvalue weighted by molar-refractivity contribution is 6.01. The van der Waals surface area contributed by atoms with Crippen LogP contribution in [-0.4, -0.2) is 12.0 Å². The molecule has 0 radical (unpaired) electrons. The lowest BCUT2D eigenvalue weighted by Crippen LogP contribution is -2.20. The molecule has 2 rings (SSSR count). The van der Waals surface area contributed by atoms with Gasteiger partial charge in [0.05, 0.1) is 0 Å². The zero-order chi connectivity index (χ0) is 10.1. The number of nitrogens with one attached hydrogen (secondary N) is 1. The molecule has 15 heavy (non-hydrogen) atoms. The minimum Gasteiger partial charge on any atom is -0.431 e. The Morgan fingerprint density at radius 2 is 1.93 bits per heavy atom. The van der Waals surface area contributed by atoms with Crippen LogP contribution in [0.2, 0.25) is 0 Å². The number of alkyl carbamates (subject to hydrolysis) is 1. The highest BCUT2D eigenvalue weighted by Gasteiger charge is 2.34. The zero-order valence-electron chi connectivity index (χ0n) is 7.60. The molecule has 5 nitrogen and oxygen atoms in total. The van der Waals surface area contributed by atoms with Crippen molar-refractivity contribution < 1.29 is 14.3 Å². The van der Waals surface area contributed by atoms with Crippen LogP contribution < -0.4 is 11.1 Å². The predicted molar refractivity (Wildman–Crippen MR) is 55.5 cm³/mol. The SMILES string of the molecule is Cl.Nc1ccccc1C1OC(=O)NC1=O. The summed E-state index contributed by atoms with van der Waals surface area (Å²) in [5, 5.41) is 2.04. The first-order chi connectivity index (χ1) is 6.68. The summed E-state index contributed by atoms with van der Waals surface area (Å²) >= 11 is 0. The number of nitrogens with two attached hydrogens (primary N) is 1. The molecule has 1 aromatic rings. The van der Waals surface area contributed by atoms with Crippen molar-refractivity contribution in [1.29, 1.82) is 0 Å². The summed E-state index contributed by atoms with van der Waals surface area (Å²) in [6.45, 7) is 0. The maximum Gasteiger partial charge on any atom is 0.415 e. The van der Waals surface area contributed by atoms with Crippen molar-refractivity contribution in [3.8, 4) is 0 Å². The largest absolute Gasteiger partial charge is 0.431 e. The van der Waals surface area contributed by atoms with Crippen molar-refractivity contribution in [1.82, 2.24) is 5.32 Å². The number of amides is 2. The van der Waals surface area contributed by atoms with Gasteiger partial charge >= 0.3 is 6.09 Å². The Morgan fingerprint density at radius 1 is 1.27 bits per heavy atom. The number of hydrogen-bond acceptors (Lipinski definition) is 4. The molecule has 1 unspecified atom stereocenters. The number of rotatable bonds is 1. The minimum atomic E-state index is -0.913. The number of carbonyl (C=O) groups is 2. The third kappa shape index (κ3) is 2.02. The third-order valence-electron chi connectivity index (χ3n) is 1.97. The number of ether oxygens (including phenoxy) is 1. The lowest BCUT2D eigenvalue weighted by molar-refractivity contribution is -0.123. The maximum atomic E-state index is 11.2. The van der Waals surface area contributed by atoms with Crippen LogP contribution in [0.25, 0.3) is 0 Å². The summed E-state index contributed by atoms with van der Waals surface area (Å²) in [5.74, 6) is -0.479. The zero-order valence-corrected chi connectivity index (χ0v) is 8.41. The molecule has 0 bridgehead atoms.